The molecule has 1 atom stereocenters. The van der Waals surface area contributed by atoms with E-state index in [-0.39, 0.29) is 0 Å². The second-order valence-electron chi connectivity index (χ2n) is 5.91. The first kappa shape index (κ1) is 19.8. The van der Waals surface area contributed by atoms with Gasteiger partial charge in [-0.1, -0.05) is 6.07 Å². The first-order valence-electron chi connectivity index (χ1n) is 9.21. The van der Waals surface area contributed by atoms with Gasteiger partial charge in [-0.2, -0.15) is 11.8 Å². The van der Waals surface area contributed by atoms with E-state index in [1.165, 1.54) is 24.2 Å². The maximum atomic E-state index is 5.69. The van der Waals surface area contributed by atoms with Crippen LogP contribution in [0, 0.1) is 0 Å². The molecule has 2 rings (SSSR count). The zero-order valence-corrected chi connectivity index (χ0v) is 16.5. The summed E-state index contributed by atoms with van der Waals surface area (Å²) in [4.78, 5) is 4.31. The Hall–Kier alpha value is -1.56. The molecule has 5 nitrogen and oxygen atoms in total. The van der Waals surface area contributed by atoms with Gasteiger partial charge in [0.2, 0.25) is 0 Å². The van der Waals surface area contributed by atoms with Gasteiger partial charge in [0, 0.05) is 25.4 Å². The van der Waals surface area contributed by atoms with E-state index in [4.69, 9.17) is 9.47 Å². The van der Waals surface area contributed by atoms with Gasteiger partial charge in [0.1, 0.15) is 0 Å². The second kappa shape index (κ2) is 11.1. The van der Waals surface area contributed by atoms with Gasteiger partial charge in [-0.3, -0.25) is 4.99 Å². The number of nitrogens with one attached hydrogen (secondary N) is 2. The molecule has 1 fully saturated rings. The number of hydrogen-bond acceptors (Lipinski definition) is 4. The molecule has 140 valence electrons. The Kier molecular flexibility index (Phi) is 8.80. The molecule has 0 radical (unpaired) electrons. The summed E-state index contributed by atoms with van der Waals surface area (Å²) in [5, 5.41) is 7.54. The molecule has 0 aromatic heterocycles. The highest BCUT2D eigenvalue weighted by Gasteiger charge is 2.15. The van der Waals surface area contributed by atoms with E-state index in [2.05, 4.69) is 39.5 Å². The molecule has 6 heteroatoms. The zero-order valence-electron chi connectivity index (χ0n) is 15.6. The molecule has 0 aliphatic carbocycles. The van der Waals surface area contributed by atoms with Gasteiger partial charge in [0.25, 0.3) is 0 Å². The lowest BCUT2D eigenvalue weighted by Gasteiger charge is -2.15. The van der Waals surface area contributed by atoms with Gasteiger partial charge in [-0.15, -0.1) is 0 Å². The van der Waals surface area contributed by atoms with Gasteiger partial charge in [-0.05, 0) is 56.6 Å². The van der Waals surface area contributed by atoms with Gasteiger partial charge >= 0.3 is 0 Å². The number of nitrogens with zero attached hydrogens (tertiary/aromatic N) is 1. The number of benzene rings is 1. The van der Waals surface area contributed by atoms with Crippen LogP contribution in [0.4, 0.5) is 0 Å². The zero-order chi connectivity index (χ0) is 17.9. The molecule has 1 aromatic carbocycles. The second-order valence-corrected chi connectivity index (χ2v) is 7.32. The average molecular weight is 366 g/mol. The molecular weight excluding hydrogens is 334 g/mol. The number of thioether (sulfide) groups is 1. The minimum absolute atomic E-state index is 0.636. The lowest BCUT2D eigenvalue weighted by molar-refractivity contribution is 0.287. The number of rotatable bonds is 9. The first-order valence-corrected chi connectivity index (χ1v) is 10.3. The molecule has 2 N–H and O–H groups in total. The van der Waals surface area contributed by atoms with Crippen molar-refractivity contribution in [2.45, 2.75) is 38.4 Å². The van der Waals surface area contributed by atoms with Crippen molar-refractivity contribution < 1.29 is 9.47 Å². The third-order valence-corrected chi connectivity index (χ3v) is 5.46. The summed E-state index contributed by atoms with van der Waals surface area (Å²) in [7, 11) is 1.82. The predicted molar refractivity (Wildman–Crippen MR) is 107 cm³/mol. The summed E-state index contributed by atoms with van der Waals surface area (Å²) in [5.41, 5.74) is 1.22. The molecule has 1 heterocycles. The fourth-order valence-electron chi connectivity index (χ4n) is 2.81. The molecular formula is C19H31N3O2S. The monoisotopic (exact) mass is 365 g/mol. The molecule has 0 saturated carbocycles. The number of hydrogen-bond donors (Lipinski definition) is 2. The van der Waals surface area contributed by atoms with Crippen LogP contribution in [0.5, 0.6) is 11.5 Å². The van der Waals surface area contributed by atoms with Crippen LogP contribution in [-0.4, -0.2) is 50.3 Å². The highest BCUT2D eigenvalue weighted by atomic mass is 32.2. The molecule has 0 bridgehead atoms. The molecule has 1 aliphatic heterocycles. The summed E-state index contributed by atoms with van der Waals surface area (Å²) in [6.45, 7) is 7.07. The SMILES string of the molecule is CCOc1ccc(CCNC(=NC)NCC2CCCS2)cc1OCC. The van der Waals surface area contributed by atoms with Gasteiger partial charge in [0.05, 0.1) is 13.2 Å². The summed E-state index contributed by atoms with van der Waals surface area (Å²) in [5.74, 6) is 3.80. The molecule has 1 unspecified atom stereocenters. The standard InChI is InChI=1S/C19H31N3O2S/c1-4-23-17-9-8-15(13-18(17)24-5-2)10-11-21-19(20-3)22-14-16-7-6-12-25-16/h8-9,13,16H,4-7,10-12,14H2,1-3H3,(H2,20,21,22). The summed E-state index contributed by atoms with van der Waals surface area (Å²) in [6.07, 6.45) is 3.55. The summed E-state index contributed by atoms with van der Waals surface area (Å²) < 4.78 is 11.3. The van der Waals surface area contributed by atoms with E-state index in [1.54, 1.807) is 0 Å². The number of ether oxygens (including phenoxy) is 2. The van der Waals surface area contributed by atoms with Crippen molar-refractivity contribution in [1.82, 2.24) is 10.6 Å². The van der Waals surface area contributed by atoms with Gasteiger partial charge in [-0.25, -0.2) is 0 Å². The third kappa shape index (κ3) is 6.69. The lowest BCUT2D eigenvalue weighted by Crippen LogP contribution is -2.40. The Labute approximate surface area is 156 Å². The van der Waals surface area contributed by atoms with Crippen molar-refractivity contribution in [2.24, 2.45) is 4.99 Å². The molecule has 1 saturated heterocycles. The van der Waals surface area contributed by atoms with E-state index in [0.717, 1.165) is 42.2 Å². The Morgan fingerprint density at radius 3 is 2.68 bits per heavy atom. The summed E-state index contributed by atoms with van der Waals surface area (Å²) >= 11 is 2.06. The minimum atomic E-state index is 0.636. The topological polar surface area (TPSA) is 54.9 Å². The van der Waals surface area contributed by atoms with Crippen LogP contribution in [0.15, 0.2) is 23.2 Å². The largest absolute Gasteiger partial charge is 0.490 e. The normalized spacial score (nSPS) is 17.4. The fraction of sp³-hybridized carbons (Fsp3) is 0.632. The Balaban J connectivity index is 1.79. The van der Waals surface area contributed by atoms with Crippen molar-refractivity contribution in [3.8, 4) is 11.5 Å². The van der Waals surface area contributed by atoms with Crippen LogP contribution in [-0.2, 0) is 6.42 Å². The smallest absolute Gasteiger partial charge is 0.191 e. The van der Waals surface area contributed by atoms with Crippen LogP contribution in [0.3, 0.4) is 0 Å². The van der Waals surface area contributed by atoms with Crippen LogP contribution in [0.25, 0.3) is 0 Å². The number of aliphatic imine (C=N–C) groups is 1. The first-order chi connectivity index (χ1) is 12.3. The van der Waals surface area contributed by atoms with Crippen molar-refractivity contribution in [3.63, 3.8) is 0 Å². The molecule has 25 heavy (non-hydrogen) atoms. The Morgan fingerprint density at radius 2 is 2.00 bits per heavy atom. The van der Waals surface area contributed by atoms with Gasteiger partial charge in [0.15, 0.2) is 17.5 Å². The van der Waals surface area contributed by atoms with Crippen molar-refractivity contribution in [1.29, 1.82) is 0 Å². The molecule has 1 aromatic rings. The Morgan fingerprint density at radius 1 is 1.20 bits per heavy atom. The van der Waals surface area contributed by atoms with Gasteiger partial charge < -0.3 is 20.1 Å². The Bertz CT molecular complexity index is 545. The van der Waals surface area contributed by atoms with E-state index >= 15 is 0 Å². The summed E-state index contributed by atoms with van der Waals surface area (Å²) in [6, 6.07) is 6.16. The third-order valence-electron chi connectivity index (χ3n) is 4.06. The minimum Gasteiger partial charge on any atom is -0.490 e. The van der Waals surface area contributed by atoms with Crippen LogP contribution >= 0.6 is 11.8 Å². The maximum absolute atomic E-state index is 5.69. The van der Waals surface area contributed by atoms with Crippen molar-refractivity contribution >= 4 is 17.7 Å². The predicted octanol–water partition coefficient (Wildman–Crippen LogP) is 3.09. The average Bonchev–Trinajstić information content (AvgIpc) is 3.14. The van der Waals surface area contributed by atoms with E-state index in [0.29, 0.717) is 13.2 Å². The van der Waals surface area contributed by atoms with Crippen molar-refractivity contribution in [3.05, 3.63) is 23.8 Å². The lowest BCUT2D eigenvalue weighted by atomic mass is 10.1. The highest BCUT2D eigenvalue weighted by Crippen LogP contribution is 2.28. The van der Waals surface area contributed by atoms with Crippen LogP contribution < -0.4 is 20.1 Å². The highest BCUT2D eigenvalue weighted by molar-refractivity contribution is 8.00. The number of guanidine groups is 1. The van der Waals surface area contributed by atoms with Crippen LogP contribution in [0.2, 0.25) is 0 Å². The fourth-order valence-corrected chi connectivity index (χ4v) is 4.01. The van der Waals surface area contributed by atoms with E-state index in [9.17, 15) is 0 Å². The molecule has 0 spiro atoms. The van der Waals surface area contributed by atoms with E-state index < -0.39 is 0 Å². The van der Waals surface area contributed by atoms with Crippen LogP contribution in [0.1, 0.15) is 32.3 Å². The van der Waals surface area contributed by atoms with Crippen molar-refractivity contribution in [2.75, 3.05) is 39.1 Å². The quantitative estimate of drug-likeness (QED) is 0.520. The van der Waals surface area contributed by atoms with E-state index in [1.807, 2.05) is 27.0 Å². The maximum Gasteiger partial charge on any atom is 0.191 e. The molecule has 0 amide bonds. The molecule has 1 aliphatic rings.